The van der Waals surface area contributed by atoms with Crippen molar-refractivity contribution >= 4 is 23.4 Å². The molecule has 1 atom stereocenters. The normalized spacial score (nSPS) is 17.1. The molecule has 0 aliphatic carbocycles. The van der Waals surface area contributed by atoms with Crippen LogP contribution in [0.5, 0.6) is 5.75 Å². The quantitative estimate of drug-likeness (QED) is 0.772. The molecule has 2 aromatic carbocycles. The molecule has 0 aromatic heterocycles. The highest BCUT2D eigenvalue weighted by Gasteiger charge is 2.30. The molecule has 1 N–H and O–H groups in total. The number of hydrogen-bond acceptors (Lipinski definition) is 4. The van der Waals surface area contributed by atoms with Gasteiger partial charge in [-0.2, -0.15) is 0 Å². The Bertz CT molecular complexity index is 834. The van der Waals surface area contributed by atoms with Gasteiger partial charge in [0.15, 0.2) is 0 Å². The van der Waals surface area contributed by atoms with E-state index in [0.717, 1.165) is 29.0 Å². The van der Waals surface area contributed by atoms with E-state index in [1.165, 1.54) is 0 Å². The van der Waals surface area contributed by atoms with Crippen LogP contribution in [0.4, 0.5) is 0 Å². The Hall–Kier alpha value is -2.37. The minimum Gasteiger partial charge on any atom is -0.492 e. The monoisotopic (exact) mass is 386 g/mol. The molecule has 142 valence electrons. The summed E-state index contributed by atoms with van der Waals surface area (Å²) in [7, 11) is 4.01. The number of carbonyl (C=O) groups excluding carboxylic acids is 2. The largest absolute Gasteiger partial charge is 0.492 e. The lowest BCUT2D eigenvalue weighted by Crippen LogP contribution is -2.39. The Labute approximate surface area is 164 Å². The van der Waals surface area contributed by atoms with E-state index in [1.807, 2.05) is 56.6 Å². The van der Waals surface area contributed by atoms with Gasteiger partial charge in [-0.05, 0) is 43.8 Å². The summed E-state index contributed by atoms with van der Waals surface area (Å²) in [5.41, 5.74) is 2.57. The number of amides is 2. The van der Waals surface area contributed by atoms with Crippen molar-refractivity contribution in [3.63, 3.8) is 0 Å². The highest BCUT2D eigenvalue weighted by atomic mass is 35.5. The number of hydrogen-bond donors (Lipinski definition) is 1. The number of imide groups is 1. The topological polar surface area (TPSA) is 58.6 Å². The van der Waals surface area contributed by atoms with E-state index in [1.54, 1.807) is 0 Å². The van der Waals surface area contributed by atoms with E-state index < -0.39 is 5.92 Å². The molecule has 1 heterocycles. The summed E-state index contributed by atoms with van der Waals surface area (Å²) >= 11 is 6.63. The summed E-state index contributed by atoms with van der Waals surface area (Å²) in [6, 6.07) is 13.4. The lowest BCUT2D eigenvalue weighted by Gasteiger charge is -2.23. The predicted molar refractivity (Wildman–Crippen MR) is 106 cm³/mol. The first-order valence-electron chi connectivity index (χ1n) is 8.96. The molecule has 3 rings (SSSR count). The van der Waals surface area contributed by atoms with Crippen molar-refractivity contribution in [2.24, 2.45) is 0 Å². The van der Waals surface area contributed by atoms with Crippen LogP contribution in [0.25, 0.3) is 11.1 Å². The number of likely N-dealkylation sites (N-methyl/N-ethyl adjacent to an activating group) is 1. The molecule has 6 heteroatoms. The molecular formula is C21H23ClN2O3. The van der Waals surface area contributed by atoms with E-state index in [4.69, 9.17) is 16.3 Å². The first kappa shape index (κ1) is 19.4. The maximum Gasteiger partial charge on any atom is 0.234 e. The van der Waals surface area contributed by atoms with Gasteiger partial charge in [-0.15, -0.1) is 0 Å². The highest BCUT2D eigenvalue weighted by molar-refractivity contribution is 6.34. The van der Waals surface area contributed by atoms with Crippen LogP contribution in [0.1, 0.15) is 24.3 Å². The molecular weight excluding hydrogens is 364 g/mol. The molecule has 0 saturated carbocycles. The zero-order valence-corrected chi connectivity index (χ0v) is 16.3. The second-order valence-corrected chi connectivity index (χ2v) is 7.27. The van der Waals surface area contributed by atoms with Gasteiger partial charge in [0.05, 0.1) is 10.9 Å². The summed E-state index contributed by atoms with van der Waals surface area (Å²) in [6.07, 6.45) is 0.808. The standard InChI is InChI=1S/C21H23ClN2O3/c1-24(2)12-13-27-15-8-6-14(7-9-15)16-4-3-5-17(20(16)22)18-10-11-19(25)23-21(18)26/h3-9,18H,10-13H2,1-2H3,(H,23,25,26). The fraction of sp³-hybridized carbons (Fsp3) is 0.333. The van der Waals surface area contributed by atoms with Crippen LogP contribution < -0.4 is 10.1 Å². The molecule has 1 fully saturated rings. The summed E-state index contributed by atoms with van der Waals surface area (Å²) < 4.78 is 5.72. The maximum atomic E-state index is 12.2. The van der Waals surface area contributed by atoms with Crippen molar-refractivity contribution in [1.29, 1.82) is 0 Å². The van der Waals surface area contributed by atoms with Crippen molar-refractivity contribution < 1.29 is 14.3 Å². The van der Waals surface area contributed by atoms with Crippen LogP contribution in [-0.2, 0) is 9.59 Å². The summed E-state index contributed by atoms with van der Waals surface area (Å²) in [6.45, 7) is 1.47. The molecule has 2 aromatic rings. The van der Waals surface area contributed by atoms with Crippen LogP contribution in [0.3, 0.4) is 0 Å². The van der Waals surface area contributed by atoms with Gasteiger partial charge in [0.2, 0.25) is 11.8 Å². The SMILES string of the molecule is CN(C)CCOc1ccc(-c2cccc(C3CCC(=O)NC3=O)c2Cl)cc1. The lowest BCUT2D eigenvalue weighted by molar-refractivity contribution is -0.134. The molecule has 5 nitrogen and oxygen atoms in total. The Morgan fingerprint density at radius 2 is 1.89 bits per heavy atom. The van der Waals surface area contributed by atoms with Gasteiger partial charge in [0, 0.05) is 18.5 Å². The van der Waals surface area contributed by atoms with Crippen molar-refractivity contribution in [3.8, 4) is 16.9 Å². The zero-order valence-electron chi connectivity index (χ0n) is 15.5. The minimum absolute atomic E-state index is 0.228. The van der Waals surface area contributed by atoms with E-state index >= 15 is 0 Å². The third-order valence-electron chi connectivity index (χ3n) is 4.62. The second-order valence-electron chi connectivity index (χ2n) is 6.89. The van der Waals surface area contributed by atoms with Crippen molar-refractivity contribution in [2.45, 2.75) is 18.8 Å². The minimum atomic E-state index is -0.399. The van der Waals surface area contributed by atoms with Crippen LogP contribution in [-0.4, -0.2) is 44.0 Å². The average Bonchev–Trinajstić information content (AvgIpc) is 2.63. The van der Waals surface area contributed by atoms with Gasteiger partial charge >= 0.3 is 0 Å². The first-order valence-corrected chi connectivity index (χ1v) is 9.33. The van der Waals surface area contributed by atoms with E-state index in [2.05, 4.69) is 10.2 Å². The molecule has 1 aliphatic rings. The molecule has 1 unspecified atom stereocenters. The second kappa shape index (κ2) is 8.55. The van der Waals surface area contributed by atoms with Gasteiger partial charge in [-0.1, -0.05) is 41.9 Å². The molecule has 0 bridgehead atoms. The van der Waals surface area contributed by atoms with Crippen molar-refractivity contribution in [1.82, 2.24) is 10.2 Å². The molecule has 0 spiro atoms. The van der Waals surface area contributed by atoms with Crippen molar-refractivity contribution in [2.75, 3.05) is 27.2 Å². The Balaban J connectivity index is 1.79. The van der Waals surface area contributed by atoms with Gasteiger partial charge in [0.1, 0.15) is 12.4 Å². The number of piperidine rings is 1. The van der Waals surface area contributed by atoms with E-state index in [-0.39, 0.29) is 11.8 Å². The molecule has 0 radical (unpaired) electrons. The van der Waals surface area contributed by atoms with Crippen molar-refractivity contribution in [3.05, 3.63) is 53.1 Å². The first-order chi connectivity index (χ1) is 13.0. The predicted octanol–water partition coefficient (Wildman–Crippen LogP) is 3.47. The number of halogens is 1. The number of ether oxygens (including phenoxy) is 1. The number of nitrogens with one attached hydrogen (secondary N) is 1. The van der Waals surface area contributed by atoms with Crippen LogP contribution in [0.15, 0.2) is 42.5 Å². The third-order valence-corrected chi connectivity index (χ3v) is 5.04. The maximum absolute atomic E-state index is 12.2. The van der Waals surface area contributed by atoms with Gasteiger partial charge in [-0.25, -0.2) is 0 Å². The summed E-state index contributed by atoms with van der Waals surface area (Å²) in [5.74, 6) is -0.106. The van der Waals surface area contributed by atoms with Crippen LogP contribution in [0, 0.1) is 0 Å². The Morgan fingerprint density at radius 3 is 2.56 bits per heavy atom. The molecule has 1 aliphatic heterocycles. The van der Waals surface area contributed by atoms with Gasteiger partial charge < -0.3 is 9.64 Å². The van der Waals surface area contributed by atoms with Gasteiger partial charge in [0.25, 0.3) is 0 Å². The lowest BCUT2D eigenvalue weighted by atomic mass is 9.88. The van der Waals surface area contributed by atoms with Crippen LogP contribution in [0.2, 0.25) is 5.02 Å². The van der Waals surface area contributed by atoms with E-state index in [9.17, 15) is 9.59 Å². The zero-order chi connectivity index (χ0) is 19.4. The number of rotatable bonds is 6. The number of benzene rings is 2. The fourth-order valence-electron chi connectivity index (χ4n) is 3.11. The summed E-state index contributed by atoms with van der Waals surface area (Å²) in [4.78, 5) is 25.6. The summed E-state index contributed by atoms with van der Waals surface area (Å²) in [5, 5.41) is 2.94. The third kappa shape index (κ3) is 4.67. The average molecular weight is 387 g/mol. The molecule has 27 heavy (non-hydrogen) atoms. The Kier molecular flexibility index (Phi) is 6.14. The smallest absolute Gasteiger partial charge is 0.234 e. The fourth-order valence-corrected chi connectivity index (χ4v) is 3.48. The number of carbonyl (C=O) groups is 2. The Morgan fingerprint density at radius 1 is 1.15 bits per heavy atom. The molecule has 2 amide bonds. The van der Waals surface area contributed by atoms with Gasteiger partial charge in [-0.3, -0.25) is 14.9 Å². The number of nitrogens with zero attached hydrogens (tertiary/aromatic N) is 1. The molecule has 1 saturated heterocycles. The van der Waals surface area contributed by atoms with Crippen LogP contribution >= 0.6 is 11.6 Å². The highest BCUT2D eigenvalue weighted by Crippen LogP contribution is 2.37. The van der Waals surface area contributed by atoms with E-state index in [0.29, 0.717) is 24.5 Å².